The molecule has 4 rings (SSSR count). The van der Waals surface area contributed by atoms with Crippen molar-refractivity contribution >= 4 is 28.7 Å². The number of ether oxygens (including phenoxy) is 1. The highest BCUT2D eigenvalue weighted by molar-refractivity contribution is 6.04. The first-order valence-electron chi connectivity index (χ1n) is 9.77. The molecule has 2 heterocycles. The van der Waals surface area contributed by atoms with E-state index in [0.717, 1.165) is 29.5 Å². The largest absolute Gasteiger partial charge is 0.456 e. The van der Waals surface area contributed by atoms with Crippen molar-refractivity contribution in [2.24, 2.45) is 0 Å². The Balaban J connectivity index is 1.58. The molecule has 0 spiro atoms. The minimum absolute atomic E-state index is 0.177. The van der Waals surface area contributed by atoms with Gasteiger partial charge in [0.15, 0.2) is 11.5 Å². The minimum Gasteiger partial charge on any atom is -0.456 e. The van der Waals surface area contributed by atoms with E-state index in [4.69, 9.17) is 10.5 Å². The summed E-state index contributed by atoms with van der Waals surface area (Å²) in [4.78, 5) is 33.6. The second-order valence-corrected chi connectivity index (χ2v) is 8.43. The Morgan fingerprint density at radius 2 is 2.03 bits per heavy atom. The molecule has 2 aromatic heterocycles. The first-order chi connectivity index (χ1) is 14.2. The number of aromatic amines is 1. The number of nitrogens with one attached hydrogen (secondary N) is 2. The number of nitrogen functional groups attached to an aromatic ring is 1. The highest BCUT2D eigenvalue weighted by atomic mass is 16.6. The maximum absolute atomic E-state index is 12.9. The number of carbonyl (C=O) groups is 2. The van der Waals surface area contributed by atoms with Gasteiger partial charge < -0.3 is 15.8 Å². The summed E-state index contributed by atoms with van der Waals surface area (Å²) in [5.74, 6) is -0.453. The van der Waals surface area contributed by atoms with Crippen molar-refractivity contribution in [1.82, 2.24) is 25.5 Å². The van der Waals surface area contributed by atoms with E-state index in [1.807, 2.05) is 33.8 Å². The number of carbonyl (C=O) groups excluding carboxylic acids is 2. The van der Waals surface area contributed by atoms with Crippen molar-refractivity contribution in [3.05, 3.63) is 46.4 Å². The Hall–Kier alpha value is -3.49. The maximum Gasteiger partial charge on any atom is 0.338 e. The topological polar surface area (TPSA) is 136 Å². The number of nitrogens with zero attached hydrogens (tertiary/aromatic N) is 3. The first-order valence-corrected chi connectivity index (χ1v) is 9.77. The average molecular weight is 408 g/mol. The van der Waals surface area contributed by atoms with Gasteiger partial charge in [0.2, 0.25) is 0 Å². The third-order valence-electron chi connectivity index (χ3n) is 5.21. The summed E-state index contributed by atoms with van der Waals surface area (Å²) in [6.07, 6.45) is 2.79. The lowest BCUT2D eigenvalue weighted by molar-refractivity contribution is 0.00685. The van der Waals surface area contributed by atoms with E-state index in [1.54, 1.807) is 6.07 Å². The fourth-order valence-corrected chi connectivity index (χ4v) is 3.84. The van der Waals surface area contributed by atoms with Crippen LogP contribution in [0.3, 0.4) is 0 Å². The summed E-state index contributed by atoms with van der Waals surface area (Å²) in [5, 5.41) is 9.65. The van der Waals surface area contributed by atoms with Gasteiger partial charge in [-0.05, 0) is 63.3 Å². The summed E-state index contributed by atoms with van der Waals surface area (Å²) in [5.41, 5.74) is 9.74. The second kappa shape index (κ2) is 7.08. The Morgan fingerprint density at radius 3 is 2.77 bits per heavy atom. The zero-order valence-electron chi connectivity index (χ0n) is 17.4. The molecule has 0 radical (unpaired) electrons. The number of hydrogen-bond donors (Lipinski definition) is 3. The molecule has 30 heavy (non-hydrogen) atoms. The van der Waals surface area contributed by atoms with Gasteiger partial charge in [-0.3, -0.25) is 9.89 Å². The zero-order chi connectivity index (χ0) is 21.6. The van der Waals surface area contributed by atoms with Crippen LogP contribution in [0.4, 0.5) is 5.82 Å². The summed E-state index contributed by atoms with van der Waals surface area (Å²) in [6, 6.07) is 3.48. The van der Waals surface area contributed by atoms with Crippen LogP contribution in [0.5, 0.6) is 0 Å². The normalized spacial score (nSPS) is 15.8. The monoisotopic (exact) mass is 408 g/mol. The number of fused-ring (bicyclic) bond motifs is 2. The number of aromatic nitrogens is 4. The molecule has 1 atom stereocenters. The van der Waals surface area contributed by atoms with Gasteiger partial charge in [0, 0.05) is 0 Å². The van der Waals surface area contributed by atoms with E-state index >= 15 is 0 Å². The molecule has 0 unspecified atom stereocenters. The van der Waals surface area contributed by atoms with Gasteiger partial charge in [0.1, 0.15) is 23.0 Å². The zero-order valence-corrected chi connectivity index (χ0v) is 17.4. The molecule has 1 aromatic carbocycles. The molecule has 9 nitrogen and oxygen atoms in total. The second-order valence-electron chi connectivity index (χ2n) is 8.43. The molecule has 1 aliphatic carbocycles. The summed E-state index contributed by atoms with van der Waals surface area (Å²) >= 11 is 0. The van der Waals surface area contributed by atoms with E-state index in [9.17, 15) is 9.59 Å². The Kier molecular flexibility index (Phi) is 4.68. The van der Waals surface area contributed by atoms with Crippen LogP contribution in [0, 0.1) is 6.92 Å². The number of anilines is 1. The Bertz CT molecular complexity index is 1160. The van der Waals surface area contributed by atoms with Crippen LogP contribution in [0.1, 0.15) is 70.8 Å². The van der Waals surface area contributed by atoms with Crippen molar-refractivity contribution in [1.29, 1.82) is 0 Å². The molecular weight excluding hydrogens is 384 g/mol. The smallest absolute Gasteiger partial charge is 0.338 e. The SMILES string of the molecule is Cc1c(C(=O)OC(C)(C)C)ccc2c1CC[C@@H]2NC(=O)c1ncnc2c(N)n[nH]c12. The number of nitrogens with two attached hydrogens (primary N) is 1. The van der Waals surface area contributed by atoms with Crippen LogP contribution >= 0.6 is 0 Å². The predicted molar refractivity (Wildman–Crippen MR) is 111 cm³/mol. The van der Waals surface area contributed by atoms with E-state index in [0.29, 0.717) is 16.6 Å². The fraction of sp³-hybridized carbons (Fsp3) is 0.381. The summed E-state index contributed by atoms with van der Waals surface area (Å²) < 4.78 is 5.51. The number of rotatable bonds is 3. The average Bonchev–Trinajstić information content (AvgIpc) is 3.25. The Morgan fingerprint density at radius 1 is 1.27 bits per heavy atom. The standard InChI is InChI=1S/C21H24N6O3/c1-10-11-7-8-14(13(11)6-5-12(10)20(29)30-21(2,3)4)25-19(28)17-15-16(23-9-24-17)18(22)27-26-15/h5-6,9,14H,7-8H2,1-4H3,(H,25,28)(H3,22,26,27)/t14-/m0/s1. The molecule has 156 valence electrons. The van der Waals surface area contributed by atoms with E-state index in [2.05, 4.69) is 25.5 Å². The molecule has 9 heteroatoms. The molecule has 0 bridgehead atoms. The number of hydrogen-bond acceptors (Lipinski definition) is 7. The van der Waals surface area contributed by atoms with Crippen molar-refractivity contribution in [3.8, 4) is 0 Å². The number of esters is 1. The molecular formula is C21H24N6O3. The van der Waals surface area contributed by atoms with Crippen LogP contribution in [-0.2, 0) is 11.2 Å². The molecule has 4 N–H and O–H groups in total. The van der Waals surface area contributed by atoms with Crippen LogP contribution in [-0.4, -0.2) is 37.6 Å². The van der Waals surface area contributed by atoms with E-state index in [-0.39, 0.29) is 29.4 Å². The van der Waals surface area contributed by atoms with Crippen molar-refractivity contribution in [3.63, 3.8) is 0 Å². The lowest BCUT2D eigenvalue weighted by Crippen LogP contribution is -2.28. The van der Waals surface area contributed by atoms with Gasteiger partial charge in [-0.25, -0.2) is 14.8 Å². The summed E-state index contributed by atoms with van der Waals surface area (Å²) in [6.45, 7) is 7.45. The molecule has 0 aliphatic heterocycles. The lowest BCUT2D eigenvalue weighted by Gasteiger charge is -2.21. The van der Waals surface area contributed by atoms with Crippen LogP contribution in [0.15, 0.2) is 18.5 Å². The fourth-order valence-electron chi connectivity index (χ4n) is 3.84. The van der Waals surface area contributed by atoms with E-state index in [1.165, 1.54) is 6.33 Å². The first kappa shape index (κ1) is 19.8. The molecule has 0 saturated carbocycles. The number of H-pyrrole nitrogens is 1. The molecule has 1 amide bonds. The quantitative estimate of drug-likeness (QED) is 0.567. The van der Waals surface area contributed by atoms with Crippen LogP contribution in [0.2, 0.25) is 0 Å². The van der Waals surface area contributed by atoms with Gasteiger partial charge in [0.25, 0.3) is 5.91 Å². The molecule has 0 fully saturated rings. The highest BCUT2D eigenvalue weighted by Crippen LogP contribution is 2.35. The van der Waals surface area contributed by atoms with Gasteiger partial charge in [0.05, 0.1) is 11.6 Å². The maximum atomic E-state index is 12.9. The molecule has 3 aromatic rings. The van der Waals surface area contributed by atoms with Crippen molar-refractivity contribution in [2.75, 3.05) is 5.73 Å². The predicted octanol–water partition coefficient (Wildman–Crippen LogP) is 2.62. The van der Waals surface area contributed by atoms with Crippen molar-refractivity contribution < 1.29 is 14.3 Å². The highest BCUT2D eigenvalue weighted by Gasteiger charge is 2.29. The number of amides is 1. The third kappa shape index (κ3) is 3.47. The van der Waals surface area contributed by atoms with Crippen molar-refractivity contribution in [2.45, 2.75) is 52.2 Å². The molecule has 1 aliphatic rings. The van der Waals surface area contributed by atoms with Gasteiger partial charge in [-0.1, -0.05) is 6.07 Å². The minimum atomic E-state index is -0.558. The van der Waals surface area contributed by atoms with Gasteiger partial charge in [-0.15, -0.1) is 0 Å². The van der Waals surface area contributed by atoms with Crippen LogP contribution in [0.25, 0.3) is 11.0 Å². The Labute approximate surface area is 173 Å². The number of benzene rings is 1. The van der Waals surface area contributed by atoms with Gasteiger partial charge in [-0.2, -0.15) is 5.10 Å². The van der Waals surface area contributed by atoms with Gasteiger partial charge >= 0.3 is 5.97 Å². The molecule has 0 saturated heterocycles. The summed E-state index contributed by atoms with van der Waals surface area (Å²) in [7, 11) is 0. The van der Waals surface area contributed by atoms with Crippen LogP contribution < -0.4 is 11.1 Å². The third-order valence-corrected chi connectivity index (χ3v) is 5.21. The lowest BCUT2D eigenvalue weighted by atomic mass is 9.97. The van der Waals surface area contributed by atoms with E-state index < -0.39 is 5.60 Å².